The van der Waals surface area contributed by atoms with Gasteiger partial charge in [0.1, 0.15) is 5.75 Å². The lowest BCUT2D eigenvalue weighted by Crippen LogP contribution is -2.46. The number of ether oxygens (including phenoxy) is 1. The van der Waals surface area contributed by atoms with Crippen molar-refractivity contribution in [2.24, 2.45) is 5.92 Å². The van der Waals surface area contributed by atoms with Crippen molar-refractivity contribution in [2.75, 3.05) is 5.32 Å². The molecule has 9 nitrogen and oxygen atoms in total. The van der Waals surface area contributed by atoms with Crippen molar-refractivity contribution in [3.8, 4) is 5.75 Å². The molecule has 2 atom stereocenters. The normalized spacial score (nSPS) is 15.2. The molecule has 2 N–H and O–H groups in total. The third kappa shape index (κ3) is 5.45. The van der Waals surface area contributed by atoms with Crippen LogP contribution in [0.2, 0.25) is 0 Å². The van der Waals surface area contributed by atoms with E-state index in [0.29, 0.717) is 5.69 Å². The van der Waals surface area contributed by atoms with Crippen LogP contribution in [-0.2, 0) is 11.3 Å². The van der Waals surface area contributed by atoms with Gasteiger partial charge in [-0.25, -0.2) is 14.2 Å². The smallest absolute Gasteiger partial charge is 0.355 e. The number of carboxylic acids is 1. The summed E-state index contributed by atoms with van der Waals surface area (Å²) in [5.41, 5.74) is 1.13. The standard InChI is InChI=1S/C26H30N4O5/c1-16-7-9-19(10-8-16)15-29-24(27-20-11-13-22(14-12-20)35-21-5-4-6-21)28-25(33)30(26(29)34)18(3)17(2)23(31)32/h7-14,17-18,21H,4-6,15H2,1-3H3,(H,31,32)(H,27,28,33)/t17-,18+/m0/s1. The van der Waals surface area contributed by atoms with Crippen LogP contribution in [-0.4, -0.2) is 31.3 Å². The highest BCUT2D eigenvalue weighted by Crippen LogP contribution is 2.26. The summed E-state index contributed by atoms with van der Waals surface area (Å²) < 4.78 is 8.16. The maximum atomic E-state index is 13.5. The van der Waals surface area contributed by atoms with Gasteiger partial charge >= 0.3 is 17.3 Å². The Kier molecular flexibility index (Phi) is 7.04. The van der Waals surface area contributed by atoms with Crippen molar-refractivity contribution >= 4 is 17.6 Å². The molecule has 184 valence electrons. The summed E-state index contributed by atoms with van der Waals surface area (Å²) in [5.74, 6) is -1.20. The fourth-order valence-corrected chi connectivity index (χ4v) is 3.83. The second-order valence-corrected chi connectivity index (χ2v) is 9.13. The Morgan fingerprint density at radius 1 is 1.11 bits per heavy atom. The molecule has 0 unspecified atom stereocenters. The van der Waals surface area contributed by atoms with E-state index in [0.717, 1.165) is 34.3 Å². The fourth-order valence-electron chi connectivity index (χ4n) is 3.83. The second kappa shape index (κ2) is 10.2. The van der Waals surface area contributed by atoms with Gasteiger partial charge in [0.15, 0.2) is 0 Å². The molecule has 1 aliphatic rings. The summed E-state index contributed by atoms with van der Waals surface area (Å²) in [5, 5.41) is 12.5. The number of nitrogens with zero attached hydrogens (tertiary/aromatic N) is 3. The van der Waals surface area contributed by atoms with E-state index in [1.807, 2.05) is 43.3 Å². The summed E-state index contributed by atoms with van der Waals surface area (Å²) in [6.45, 7) is 5.12. The van der Waals surface area contributed by atoms with Crippen molar-refractivity contribution < 1.29 is 14.6 Å². The Hall–Kier alpha value is -3.88. The van der Waals surface area contributed by atoms with Crippen LogP contribution < -0.4 is 21.4 Å². The molecule has 1 aliphatic carbocycles. The fraction of sp³-hybridized carbons (Fsp3) is 0.385. The molecular formula is C26H30N4O5. The number of rotatable bonds is 9. The number of hydrogen-bond donors (Lipinski definition) is 2. The lowest BCUT2D eigenvalue weighted by Gasteiger charge is -2.26. The first-order valence-corrected chi connectivity index (χ1v) is 11.8. The third-order valence-corrected chi connectivity index (χ3v) is 6.55. The first-order chi connectivity index (χ1) is 16.7. The van der Waals surface area contributed by atoms with Crippen LogP contribution in [0.1, 0.15) is 50.3 Å². The summed E-state index contributed by atoms with van der Waals surface area (Å²) in [6, 6.07) is 14.1. The number of hydrogen-bond acceptors (Lipinski definition) is 6. The van der Waals surface area contributed by atoms with Crippen LogP contribution in [0, 0.1) is 12.8 Å². The van der Waals surface area contributed by atoms with Crippen LogP contribution in [0.5, 0.6) is 5.75 Å². The summed E-state index contributed by atoms with van der Waals surface area (Å²) in [6.07, 6.45) is 3.57. The number of aryl methyl sites for hydroxylation is 1. The minimum absolute atomic E-state index is 0.0830. The highest BCUT2D eigenvalue weighted by Gasteiger charge is 2.26. The zero-order chi connectivity index (χ0) is 25.1. The van der Waals surface area contributed by atoms with E-state index >= 15 is 0 Å². The molecule has 0 aliphatic heterocycles. The van der Waals surface area contributed by atoms with E-state index in [4.69, 9.17) is 4.74 Å². The Morgan fingerprint density at radius 3 is 2.34 bits per heavy atom. The molecule has 1 aromatic heterocycles. The topological polar surface area (TPSA) is 115 Å². The zero-order valence-electron chi connectivity index (χ0n) is 20.1. The van der Waals surface area contributed by atoms with Crippen LogP contribution >= 0.6 is 0 Å². The Balaban J connectivity index is 1.70. The van der Waals surface area contributed by atoms with Gasteiger partial charge in [-0.2, -0.15) is 4.98 Å². The molecule has 9 heteroatoms. The molecule has 0 saturated heterocycles. The molecule has 35 heavy (non-hydrogen) atoms. The maximum Gasteiger partial charge on any atom is 0.355 e. The molecule has 4 rings (SSSR count). The number of aliphatic carboxylic acids is 1. The van der Waals surface area contributed by atoms with Crippen molar-refractivity contribution in [1.82, 2.24) is 14.1 Å². The van der Waals surface area contributed by atoms with Crippen LogP contribution in [0.4, 0.5) is 11.6 Å². The molecule has 2 aromatic carbocycles. The van der Waals surface area contributed by atoms with Crippen LogP contribution in [0.15, 0.2) is 58.1 Å². The van der Waals surface area contributed by atoms with Gasteiger partial charge < -0.3 is 15.2 Å². The number of nitrogens with one attached hydrogen (secondary N) is 1. The Bertz CT molecular complexity index is 1310. The highest BCUT2D eigenvalue weighted by atomic mass is 16.5. The van der Waals surface area contributed by atoms with Gasteiger partial charge in [-0.3, -0.25) is 9.36 Å². The minimum Gasteiger partial charge on any atom is -0.490 e. The molecule has 0 bridgehead atoms. The van der Waals surface area contributed by atoms with E-state index in [2.05, 4.69) is 10.3 Å². The number of benzene rings is 2. The SMILES string of the molecule is Cc1ccc(Cn2c(Nc3ccc(OC4CCC4)cc3)nc(=O)n([C@H](C)[C@H](C)C(=O)O)c2=O)cc1. The summed E-state index contributed by atoms with van der Waals surface area (Å²) >= 11 is 0. The zero-order valence-corrected chi connectivity index (χ0v) is 20.1. The number of aromatic nitrogens is 3. The van der Waals surface area contributed by atoms with Gasteiger partial charge in [0, 0.05) is 5.69 Å². The molecule has 1 heterocycles. The van der Waals surface area contributed by atoms with Gasteiger partial charge in [-0.15, -0.1) is 0 Å². The summed E-state index contributed by atoms with van der Waals surface area (Å²) in [7, 11) is 0. The van der Waals surface area contributed by atoms with Gasteiger partial charge in [0.05, 0.1) is 24.6 Å². The van der Waals surface area contributed by atoms with Crippen molar-refractivity contribution in [2.45, 2.75) is 58.7 Å². The predicted octanol–water partition coefficient (Wildman–Crippen LogP) is 3.72. The van der Waals surface area contributed by atoms with Crippen molar-refractivity contribution in [1.29, 1.82) is 0 Å². The first kappa shape index (κ1) is 24.3. The first-order valence-electron chi connectivity index (χ1n) is 11.8. The van der Waals surface area contributed by atoms with Crippen molar-refractivity contribution in [3.05, 3.63) is 80.6 Å². The quantitative estimate of drug-likeness (QED) is 0.482. The molecule has 3 aromatic rings. The minimum atomic E-state index is -1.10. The van der Waals surface area contributed by atoms with E-state index in [9.17, 15) is 19.5 Å². The van der Waals surface area contributed by atoms with E-state index in [1.165, 1.54) is 24.8 Å². The van der Waals surface area contributed by atoms with Gasteiger partial charge in [0.2, 0.25) is 5.95 Å². The van der Waals surface area contributed by atoms with Gasteiger partial charge in [-0.1, -0.05) is 29.8 Å². The van der Waals surface area contributed by atoms with Crippen molar-refractivity contribution in [3.63, 3.8) is 0 Å². The van der Waals surface area contributed by atoms with E-state index < -0.39 is 29.3 Å². The third-order valence-electron chi connectivity index (χ3n) is 6.55. The van der Waals surface area contributed by atoms with Gasteiger partial charge in [-0.05, 0) is 69.9 Å². The molecule has 1 fully saturated rings. The molecule has 0 spiro atoms. The predicted molar refractivity (Wildman–Crippen MR) is 133 cm³/mol. The Morgan fingerprint density at radius 2 is 1.77 bits per heavy atom. The lowest BCUT2D eigenvalue weighted by molar-refractivity contribution is -0.142. The van der Waals surface area contributed by atoms with E-state index in [-0.39, 0.29) is 18.6 Å². The number of anilines is 2. The lowest BCUT2D eigenvalue weighted by atomic mass is 9.96. The summed E-state index contributed by atoms with van der Waals surface area (Å²) in [4.78, 5) is 42.0. The Labute approximate surface area is 203 Å². The average Bonchev–Trinajstić information content (AvgIpc) is 2.80. The molecule has 0 radical (unpaired) electrons. The molecular weight excluding hydrogens is 448 g/mol. The maximum absolute atomic E-state index is 13.5. The molecule has 1 saturated carbocycles. The largest absolute Gasteiger partial charge is 0.490 e. The monoisotopic (exact) mass is 478 g/mol. The van der Waals surface area contributed by atoms with E-state index in [1.54, 1.807) is 12.1 Å². The van der Waals surface area contributed by atoms with Crippen LogP contribution in [0.25, 0.3) is 0 Å². The number of carbonyl (C=O) groups is 1. The van der Waals surface area contributed by atoms with Crippen LogP contribution in [0.3, 0.4) is 0 Å². The second-order valence-electron chi connectivity index (χ2n) is 9.13. The molecule has 0 amide bonds. The highest BCUT2D eigenvalue weighted by molar-refractivity contribution is 5.70. The number of carboxylic acid groups (broad SMARTS) is 1. The average molecular weight is 479 g/mol. The van der Waals surface area contributed by atoms with Gasteiger partial charge in [0.25, 0.3) is 0 Å².